The van der Waals surface area contributed by atoms with E-state index >= 15 is 0 Å². The molecule has 0 N–H and O–H groups in total. The minimum Gasteiger partial charge on any atom is -0.381 e. The molecule has 1 aromatic carbocycles. The molecule has 29 heavy (non-hydrogen) atoms. The zero-order chi connectivity index (χ0) is 20.9. The highest BCUT2D eigenvalue weighted by atomic mass is 32.2. The highest BCUT2D eigenvalue weighted by molar-refractivity contribution is 7.90. The van der Waals surface area contributed by atoms with Crippen LogP contribution in [0.3, 0.4) is 0 Å². The maximum Gasteiger partial charge on any atom is 0.175 e. The molecule has 0 saturated carbocycles. The smallest absolute Gasteiger partial charge is 0.175 e. The van der Waals surface area contributed by atoms with Gasteiger partial charge in [0.25, 0.3) is 0 Å². The van der Waals surface area contributed by atoms with Crippen LogP contribution < -0.4 is 0 Å². The van der Waals surface area contributed by atoms with Gasteiger partial charge < -0.3 is 9.64 Å². The van der Waals surface area contributed by atoms with Gasteiger partial charge in [-0.15, -0.1) is 0 Å². The SMILES string of the molecule is CN(C)CCCOCC1CCC2CN(Cc3ccc(S(C)(=O)=O)cc3)CCN2C1. The molecule has 0 radical (unpaired) electrons. The minimum atomic E-state index is -3.12. The normalized spacial score (nSPS) is 24.0. The van der Waals surface area contributed by atoms with Crippen LogP contribution in [-0.4, -0.2) is 95.4 Å². The fraction of sp³-hybridized carbons (Fsp3) is 0.727. The summed E-state index contributed by atoms with van der Waals surface area (Å²) in [5.41, 5.74) is 1.19. The average Bonchev–Trinajstić information content (AvgIpc) is 2.67. The molecule has 2 fully saturated rings. The maximum atomic E-state index is 11.6. The fourth-order valence-corrected chi connectivity index (χ4v) is 5.07. The summed E-state index contributed by atoms with van der Waals surface area (Å²) in [6.45, 7) is 8.19. The number of fused-ring (bicyclic) bond motifs is 1. The Morgan fingerprint density at radius 2 is 1.86 bits per heavy atom. The van der Waals surface area contributed by atoms with E-state index in [1.54, 1.807) is 12.1 Å². The summed E-state index contributed by atoms with van der Waals surface area (Å²) in [5, 5.41) is 0. The summed E-state index contributed by atoms with van der Waals surface area (Å²) in [6.07, 6.45) is 4.86. The van der Waals surface area contributed by atoms with Crippen LogP contribution >= 0.6 is 0 Å². The van der Waals surface area contributed by atoms with Gasteiger partial charge in [0.1, 0.15) is 0 Å². The Bertz CT molecular complexity index is 736. The van der Waals surface area contributed by atoms with Gasteiger partial charge in [-0.25, -0.2) is 8.42 Å². The van der Waals surface area contributed by atoms with Crippen molar-refractivity contribution in [3.05, 3.63) is 29.8 Å². The number of piperidine rings is 1. The quantitative estimate of drug-likeness (QED) is 0.566. The molecule has 164 valence electrons. The third kappa shape index (κ3) is 7.03. The van der Waals surface area contributed by atoms with Gasteiger partial charge in [0.2, 0.25) is 0 Å². The zero-order valence-corrected chi connectivity index (χ0v) is 19.0. The van der Waals surface area contributed by atoms with E-state index in [2.05, 4.69) is 28.8 Å². The van der Waals surface area contributed by atoms with Crippen molar-refractivity contribution in [1.82, 2.24) is 14.7 Å². The molecule has 2 aliphatic heterocycles. The summed E-state index contributed by atoms with van der Waals surface area (Å²) in [5.74, 6) is 0.667. The number of ether oxygens (including phenoxy) is 1. The number of sulfone groups is 1. The first-order valence-electron chi connectivity index (χ1n) is 10.8. The zero-order valence-electron chi connectivity index (χ0n) is 18.2. The predicted octanol–water partition coefficient (Wildman–Crippen LogP) is 1.95. The Balaban J connectivity index is 1.40. The second kappa shape index (κ2) is 10.4. The van der Waals surface area contributed by atoms with Crippen molar-refractivity contribution >= 4 is 9.84 Å². The van der Waals surface area contributed by atoms with Gasteiger partial charge in [-0.05, 0) is 63.5 Å². The predicted molar refractivity (Wildman–Crippen MR) is 117 cm³/mol. The molecule has 3 rings (SSSR count). The third-order valence-electron chi connectivity index (χ3n) is 6.09. The van der Waals surface area contributed by atoms with Crippen LogP contribution in [0.2, 0.25) is 0 Å². The largest absolute Gasteiger partial charge is 0.381 e. The van der Waals surface area contributed by atoms with E-state index in [9.17, 15) is 8.42 Å². The highest BCUT2D eigenvalue weighted by Crippen LogP contribution is 2.26. The molecule has 0 spiro atoms. The van der Waals surface area contributed by atoms with Gasteiger partial charge in [0, 0.05) is 51.6 Å². The molecule has 1 aromatic rings. The van der Waals surface area contributed by atoms with Crippen molar-refractivity contribution in [2.24, 2.45) is 5.92 Å². The van der Waals surface area contributed by atoms with Crippen LogP contribution in [0.25, 0.3) is 0 Å². The Hall–Kier alpha value is -0.990. The Labute approximate surface area is 176 Å². The third-order valence-corrected chi connectivity index (χ3v) is 7.22. The highest BCUT2D eigenvalue weighted by Gasteiger charge is 2.32. The van der Waals surface area contributed by atoms with Gasteiger partial charge in [-0.3, -0.25) is 9.80 Å². The van der Waals surface area contributed by atoms with Crippen molar-refractivity contribution in [3.8, 4) is 0 Å². The van der Waals surface area contributed by atoms with Crippen LogP contribution in [0.4, 0.5) is 0 Å². The van der Waals surface area contributed by atoms with E-state index in [4.69, 9.17) is 4.74 Å². The van der Waals surface area contributed by atoms with Gasteiger partial charge in [-0.2, -0.15) is 0 Å². The van der Waals surface area contributed by atoms with E-state index in [1.807, 2.05) is 12.1 Å². The monoisotopic (exact) mass is 423 g/mol. The molecular weight excluding hydrogens is 386 g/mol. The molecule has 2 heterocycles. The lowest BCUT2D eigenvalue weighted by Gasteiger charge is -2.46. The first kappa shape index (κ1) is 22.7. The summed E-state index contributed by atoms with van der Waals surface area (Å²) in [7, 11) is 1.09. The van der Waals surface area contributed by atoms with Gasteiger partial charge in [-0.1, -0.05) is 12.1 Å². The molecule has 2 unspecified atom stereocenters. The molecule has 0 aliphatic carbocycles. The lowest BCUT2D eigenvalue weighted by molar-refractivity contribution is -0.00273. The number of piperazine rings is 1. The van der Waals surface area contributed by atoms with E-state index in [1.165, 1.54) is 24.7 Å². The van der Waals surface area contributed by atoms with Gasteiger partial charge >= 0.3 is 0 Å². The standard InChI is InChI=1S/C22H37N3O3S/c1-23(2)11-4-14-28-18-20-5-8-21-17-24(12-13-25(21)16-20)15-19-6-9-22(10-7-19)29(3,26)27/h6-7,9-10,20-21H,4-5,8,11-18H2,1-3H3. The Morgan fingerprint density at radius 1 is 1.10 bits per heavy atom. The van der Waals surface area contributed by atoms with Gasteiger partial charge in [0.15, 0.2) is 9.84 Å². The molecule has 0 bridgehead atoms. The molecule has 0 amide bonds. The number of benzene rings is 1. The van der Waals surface area contributed by atoms with Crippen molar-refractivity contribution in [2.75, 3.05) is 66.3 Å². The molecule has 0 aromatic heterocycles. The Kier molecular flexibility index (Phi) is 8.10. The fourth-order valence-electron chi connectivity index (χ4n) is 4.44. The Morgan fingerprint density at radius 3 is 2.55 bits per heavy atom. The molecule has 6 nitrogen and oxygen atoms in total. The van der Waals surface area contributed by atoms with E-state index in [-0.39, 0.29) is 0 Å². The molecule has 7 heteroatoms. The molecule has 2 atom stereocenters. The van der Waals surface area contributed by atoms with Crippen LogP contribution in [0.15, 0.2) is 29.2 Å². The topological polar surface area (TPSA) is 53.1 Å². The van der Waals surface area contributed by atoms with Crippen LogP contribution in [0, 0.1) is 5.92 Å². The number of hydrogen-bond acceptors (Lipinski definition) is 6. The van der Waals surface area contributed by atoms with Crippen molar-refractivity contribution in [2.45, 2.75) is 36.7 Å². The van der Waals surface area contributed by atoms with Crippen LogP contribution in [-0.2, 0) is 21.1 Å². The van der Waals surface area contributed by atoms with E-state index in [0.29, 0.717) is 16.9 Å². The lowest BCUT2D eigenvalue weighted by atomic mass is 9.91. The summed E-state index contributed by atoms with van der Waals surface area (Å²) in [6, 6.07) is 8.00. The van der Waals surface area contributed by atoms with Crippen molar-refractivity contribution < 1.29 is 13.2 Å². The molecule has 2 saturated heterocycles. The van der Waals surface area contributed by atoms with Crippen molar-refractivity contribution in [3.63, 3.8) is 0 Å². The first-order chi connectivity index (χ1) is 13.8. The number of hydrogen-bond donors (Lipinski definition) is 0. The van der Waals surface area contributed by atoms with E-state index in [0.717, 1.165) is 58.9 Å². The second-order valence-electron chi connectivity index (χ2n) is 8.98. The molecular formula is C22H37N3O3S. The molecule has 2 aliphatic rings. The van der Waals surface area contributed by atoms with Gasteiger partial charge in [0.05, 0.1) is 11.5 Å². The second-order valence-corrected chi connectivity index (χ2v) is 11.0. The first-order valence-corrected chi connectivity index (χ1v) is 12.7. The minimum absolute atomic E-state index is 0.397. The van der Waals surface area contributed by atoms with Crippen molar-refractivity contribution in [1.29, 1.82) is 0 Å². The summed E-state index contributed by atoms with van der Waals surface area (Å²) >= 11 is 0. The average molecular weight is 424 g/mol. The summed E-state index contributed by atoms with van der Waals surface area (Å²) in [4.78, 5) is 7.76. The van der Waals surface area contributed by atoms with Crippen LogP contribution in [0.1, 0.15) is 24.8 Å². The van der Waals surface area contributed by atoms with Crippen LogP contribution in [0.5, 0.6) is 0 Å². The van der Waals surface area contributed by atoms with E-state index < -0.39 is 9.84 Å². The lowest BCUT2D eigenvalue weighted by Crippen LogP contribution is -2.56. The summed E-state index contributed by atoms with van der Waals surface area (Å²) < 4.78 is 29.2. The number of rotatable bonds is 9. The maximum absolute atomic E-state index is 11.6. The number of nitrogens with zero attached hydrogens (tertiary/aromatic N) is 3.